The van der Waals surface area contributed by atoms with Gasteiger partial charge in [-0.1, -0.05) is 30.3 Å². The summed E-state index contributed by atoms with van der Waals surface area (Å²) in [5.41, 5.74) is 3.35. The lowest BCUT2D eigenvalue weighted by Crippen LogP contribution is -2.28. The van der Waals surface area contributed by atoms with Crippen molar-refractivity contribution in [1.29, 1.82) is 0 Å². The first-order valence-corrected chi connectivity index (χ1v) is 8.60. The predicted molar refractivity (Wildman–Crippen MR) is 99.0 cm³/mol. The minimum Gasteiger partial charge on any atom is -0.325 e. The fraction of sp³-hybridized carbons (Fsp3) is 0.143. The van der Waals surface area contributed by atoms with Crippen molar-refractivity contribution in [3.8, 4) is 11.1 Å². The van der Waals surface area contributed by atoms with Crippen LogP contribution >= 0.6 is 0 Å². The molecule has 7 heteroatoms. The van der Waals surface area contributed by atoms with Crippen molar-refractivity contribution in [2.75, 3.05) is 5.32 Å². The van der Waals surface area contributed by atoms with E-state index in [0.29, 0.717) is 18.0 Å². The fourth-order valence-corrected chi connectivity index (χ4v) is 3.38. The Morgan fingerprint density at radius 3 is 2.54 bits per heavy atom. The molecule has 142 valence electrons. The maximum absolute atomic E-state index is 12.8. The number of fused-ring (bicyclic) bond motifs is 3. The Balaban J connectivity index is 1.54. The summed E-state index contributed by atoms with van der Waals surface area (Å²) in [6, 6.07) is 15.0. The zero-order valence-electron chi connectivity index (χ0n) is 14.6. The van der Waals surface area contributed by atoms with Crippen molar-refractivity contribution in [3.63, 3.8) is 0 Å². The molecule has 0 bridgehead atoms. The monoisotopic (exact) mass is 384 g/mol. The molecule has 0 unspecified atom stereocenters. The number of benzene rings is 2. The highest BCUT2D eigenvalue weighted by Gasteiger charge is 2.31. The van der Waals surface area contributed by atoms with E-state index in [-0.39, 0.29) is 0 Å². The van der Waals surface area contributed by atoms with Gasteiger partial charge in [-0.05, 0) is 46.9 Å². The number of alkyl halides is 3. The highest BCUT2D eigenvalue weighted by Crippen LogP contribution is 2.37. The summed E-state index contributed by atoms with van der Waals surface area (Å²) in [6.45, 7) is -0.504. The van der Waals surface area contributed by atoms with Crippen molar-refractivity contribution < 1.29 is 18.0 Å². The van der Waals surface area contributed by atoms with Crippen molar-refractivity contribution in [2.45, 2.75) is 19.1 Å². The highest BCUT2D eigenvalue weighted by atomic mass is 19.4. The summed E-state index contributed by atoms with van der Waals surface area (Å²) in [4.78, 5) is 24.1. The van der Waals surface area contributed by atoms with Crippen molar-refractivity contribution in [2.24, 2.45) is 0 Å². The second-order valence-electron chi connectivity index (χ2n) is 6.64. The van der Waals surface area contributed by atoms with Gasteiger partial charge in [0, 0.05) is 18.0 Å². The zero-order chi connectivity index (χ0) is 19.9. The molecule has 0 atom stereocenters. The lowest BCUT2D eigenvalue weighted by molar-refractivity contribution is -0.138. The molecule has 1 heterocycles. The average molecular weight is 384 g/mol. The van der Waals surface area contributed by atoms with E-state index in [9.17, 15) is 22.8 Å². The summed E-state index contributed by atoms with van der Waals surface area (Å²) in [5, 5.41) is 2.66. The number of rotatable bonds is 3. The maximum atomic E-state index is 12.8. The van der Waals surface area contributed by atoms with E-state index in [2.05, 4.69) is 5.32 Å². The van der Waals surface area contributed by atoms with Crippen LogP contribution in [-0.2, 0) is 23.9 Å². The molecule has 2 aromatic carbocycles. The molecule has 0 fully saturated rings. The van der Waals surface area contributed by atoms with E-state index >= 15 is 0 Å². The SMILES string of the molecule is O=C(Cn1cc(C(F)(F)F)ccc1=O)Nc1ccc2c(c1)-c1ccccc1C2. The molecule has 1 amide bonds. The van der Waals surface area contributed by atoms with Gasteiger partial charge >= 0.3 is 6.18 Å². The molecule has 4 rings (SSSR count). The minimum absolute atomic E-state index is 0.504. The van der Waals surface area contributed by atoms with Gasteiger partial charge in [-0.15, -0.1) is 0 Å². The number of amides is 1. The molecule has 0 spiro atoms. The van der Waals surface area contributed by atoms with E-state index in [1.54, 1.807) is 6.07 Å². The van der Waals surface area contributed by atoms with Crippen molar-refractivity contribution in [1.82, 2.24) is 4.57 Å². The second-order valence-corrected chi connectivity index (χ2v) is 6.64. The molecule has 1 aliphatic carbocycles. The first-order valence-electron chi connectivity index (χ1n) is 8.60. The third-order valence-corrected chi connectivity index (χ3v) is 4.71. The van der Waals surface area contributed by atoms with E-state index in [4.69, 9.17) is 0 Å². The molecule has 1 aliphatic rings. The molecule has 0 aliphatic heterocycles. The summed E-state index contributed by atoms with van der Waals surface area (Å²) < 4.78 is 39.2. The topological polar surface area (TPSA) is 51.1 Å². The van der Waals surface area contributed by atoms with Crippen LogP contribution < -0.4 is 10.9 Å². The van der Waals surface area contributed by atoms with Crippen LogP contribution in [0.5, 0.6) is 0 Å². The van der Waals surface area contributed by atoms with Gasteiger partial charge in [0.1, 0.15) is 6.54 Å². The highest BCUT2D eigenvalue weighted by molar-refractivity contribution is 5.92. The lowest BCUT2D eigenvalue weighted by atomic mass is 10.1. The van der Waals surface area contributed by atoms with Gasteiger partial charge in [0.2, 0.25) is 5.91 Å². The molecule has 1 aromatic heterocycles. The number of halogens is 3. The largest absolute Gasteiger partial charge is 0.417 e. The summed E-state index contributed by atoms with van der Waals surface area (Å²) in [6.07, 6.45) is -3.11. The van der Waals surface area contributed by atoms with Gasteiger partial charge < -0.3 is 9.88 Å². The van der Waals surface area contributed by atoms with Crippen LogP contribution in [-0.4, -0.2) is 10.5 Å². The van der Waals surface area contributed by atoms with Crippen molar-refractivity contribution >= 4 is 11.6 Å². The number of nitrogens with one attached hydrogen (secondary N) is 1. The molecule has 0 radical (unpaired) electrons. The number of pyridine rings is 1. The molecule has 0 saturated carbocycles. The van der Waals surface area contributed by atoms with Crippen LogP contribution in [0.3, 0.4) is 0 Å². The van der Waals surface area contributed by atoms with Gasteiger partial charge in [-0.2, -0.15) is 13.2 Å². The lowest BCUT2D eigenvalue weighted by Gasteiger charge is -2.11. The predicted octanol–water partition coefficient (Wildman–Crippen LogP) is 4.08. The molecule has 1 N–H and O–H groups in total. The number of carbonyl (C=O) groups excluding carboxylic acids is 1. The molecule has 28 heavy (non-hydrogen) atoms. The summed E-state index contributed by atoms with van der Waals surface area (Å²) in [5.74, 6) is -0.576. The Labute approximate surface area is 158 Å². The maximum Gasteiger partial charge on any atom is 0.417 e. The fourth-order valence-electron chi connectivity index (χ4n) is 3.38. The van der Waals surface area contributed by atoms with Gasteiger partial charge in [-0.3, -0.25) is 9.59 Å². The van der Waals surface area contributed by atoms with Crippen LogP contribution in [0.15, 0.2) is 65.6 Å². The van der Waals surface area contributed by atoms with Crippen LogP contribution in [0.25, 0.3) is 11.1 Å². The average Bonchev–Trinajstić information content (AvgIpc) is 3.00. The Kier molecular flexibility index (Phi) is 4.30. The van der Waals surface area contributed by atoms with E-state index in [1.807, 2.05) is 36.4 Å². The Hall–Kier alpha value is -3.35. The van der Waals surface area contributed by atoms with E-state index in [1.165, 1.54) is 5.56 Å². The van der Waals surface area contributed by atoms with Crippen LogP contribution in [0.1, 0.15) is 16.7 Å². The van der Waals surface area contributed by atoms with Crippen LogP contribution in [0, 0.1) is 0 Å². The van der Waals surface area contributed by atoms with Gasteiger partial charge in [0.05, 0.1) is 5.56 Å². The summed E-state index contributed by atoms with van der Waals surface area (Å²) >= 11 is 0. The first kappa shape index (κ1) is 18.0. The smallest absolute Gasteiger partial charge is 0.325 e. The molecule has 0 saturated heterocycles. The van der Waals surface area contributed by atoms with Gasteiger partial charge in [0.15, 0.2) is 0 Å². The molecular weight excluding hydrogens is 369 g/mol. The van der Waals surface area contributed by atoms with Crippen LogP contribution in [0.2, 0.25) is 0 Å². The van der Waals surface area contributed by atoms with Crippen molar-refractivity contribution in [3.05, 3.63) is 87.8 Å². The number of anilines is 1. The quantitative estimate of drug-likeness (QED) is 0.579. The number of carbonyl (C=O) groups is 1. The number of aromatic nitrogens is 1. The number of hydrogen-bond acceptors (Lipinski definition) is 2. The first-order chi connectivity index (χ1) is 13.3. The normalized spacial score (nSPS) is 12.4. The minimum atomic E-state index is -4.58. The third kappa shape index (κ3) is 3.43. The second kappa shape index (κ2) is 6.67. The zero-order valence-corrected chi connectivity index (χ0v) is 14.6. The number of nitrogens with zero attached hydrogens (tertiary/aromatic N) is 1. The van der Waals surface area contributed by atoms with E-state index < -0.39 is 29.8 Å². The third-order valence-electron chi connectivity index (χ3n) is 4.71. The molecule has 3 aromatic rings. The Morgan fingerprint density at radius 2 is 1.75 bits per heavy atom. The van der Waals surface area contributed by atoms with Gasteiger partial charge in [0.25, 0.3) is 5.56 Å². The molecular formula is C21H15F3N2O2. The van der Waals surface area contributed by atoms with Crippen LogP contribution in [0.4, 0.5) is 18.9 Å². The Bertz CT molecular complexity index is 1130. The summed E-state index contributed by atoms with van der Waals surface area (Å²) in [7, 11) is 0. The van der Waals surface area contributed by atoms with Gasteiger partial charge in [-0.25, -0.2) is 0 Å². The molecule has 4 nitrogen and oxygen atoms in total. The van der Waals surface area contributed by atoms with E-state index in [0.717, 1.165) is 33.7 Å². The standard InChI is InChI=1S/C21H15F3N2O2/c22-21(23,24)15-6-8-20(28)26(11-15)12-19(27)25-16-7-5-14-9-13-3-1-2-4-17(13)18(14)10-16/h1-8,10-11H,9,12H2,(H,25,27). The number of hydrogen-bond donors (Lipinski definition) is 1. The Morgan fingerprint density at radius 1 is 1.00 bits per heavy atom.